The van der Waals surface area contributed by atoms with Gasteiger partial charge in [0.1, 0.15) is 11.5 Å². The minimum atomic E-state index is -0.510. The first-order chi connectivity index (χ1) is 12.0. The average molecular weight is 344 g/mol. The predicted molar refractivity (Wildman–Crippen MR) is 92.8 cm³/mol. The lowest BCUT2D eigenvalue weighted by Gasteiger charge is -2.18. The molecule has 0 aromatic heterocycles. The fraction of sp³-hybridized carbons (Fsp3) is 0.278. The molecule has 0 saturated carbocycles. The molecular formula is C18H20N2O5. The topological polar surface area (TPSA) is 90.7 Å². The second kappa shape index (κ2) is 8.68. The van der Waals surface area contributed by atoms with Crippen LogP contribution in [-0.4, -0.2) is 24.5 Å². The number of nitro benzene ring substituents is 1. The van der Waals surface area contributed by atoms with E-state index in [0.29, 0.717) is 0 Å². The zero-order chi connectivity index (χ0) is 18.2. The van der Waals surface area contributed by atoms with E-state index in [4.69, 9.17) is 9.47 Å². The number of nitrogens with one attached hydrogen (secondary N) is 1. The van der Waals surface area contributed by atoms with Crippen LogP contribution in [0.2, 0.25) is 0 Å². The molecule has 2 rings (SSSR count). The van der Waals surface area contributed by atoms with Gasteiger partial charge in [0.15, 0.2) is 6.61 Å². The number of ether oxygens (including phenoxy) is 2. The van der Waals surface area contributed by atoms with E-state index in [1.54, 1.807) is 13.2 Å². The summed E-state index contributed by atoms with van der Waals surface area (Å²) in [7, 11) is 1.60. The van der Waals surface area contributed by atoms with Crippen LogP contribution < -0.4 is 14.8 Å². The van der Waals surface area contributed by atoms with Crippen molar-refractivity contribution in [3.05, 3.63) is 64.2 Å². The van der Waals surface area contributed by atoms with Crippen molar-refractivity contribution in [2.24, 2.45) is 0 Å². The van der Waals surface area contributed by atoms with Crippen molar-refractivity contribution in [1.29, 1.82) is 0 Å². The second-order valence-corrected chi connectivity index (χ2v) is 5.34. The van der Waals surface area contributed by atoms with Crippen molar-refractivity contribution in [3.8, 4) is 11.5 Å². The lowest BCUT2D eigenvalue weighted by atomic mass is 10.0. The molecule has 0 heterocycles. The van der Waals surface area contributed by atoms with Crippen molar-refractivity contribution in [3.63, 3.8) is 0 Å². The van der Waals surface area contributed by atoms with E-state index in [-0.39, 0.29) is 30.0 Å². The number of hydrogen-bond acceptors (Lipinski definition) is 5. The molecule has 1 atom stereocenters. The van der Waals surface area contributed by atoms with Gasteiger partial charge in [-0.3, -0.25) is 14.9 Å². The summed E-state index contributed by atoms with van der Waals surface area (Å²) < 4.78 is 10.5. The monoisotopic (exact) mass is 344 g/mol. The number of carbonyl (C=O) groups is 1. The van der Waals surface area contributed by atoms with Gasteiger partial charge < -0.3 is 14.8 Å². The van der Waals surface area contributed by atoms with Crippen molar-refractivity contribution in [2.45, 2.75) is 19.4 Å². The number of hydrogen-bond donors (Lipinski definition) is 1. The normalized spacial score (nSPS) is 11.4. The van der Waals surface area contributed by atoms with Gasteiger partial charge in [-0.2, -0.15) is 0 Å². The van der Waals surface area contributed by atoms with Gasteiger partial charge >= 0.3 is 0 Å². The van der Waals surface area contributed by atoms with Gasteiger partial charge in [-0.05, 0) is 30.2 Å². The summed E-state index contributed by atoms with van der Waals surface area (Å²) in [4.78, 5) is 22.3. The summed E-state index contributed by atoms with van der Waals surface area (Å²) in [5.74, 6) is 0.731. The predicted octanol–water partition coefficient (Wildman–Crippen LogP) is 3.25. The smallest absolute Gasteiger partial charge is 0.273 e. The summed E-state index contributed by atoms with van der Waals surface area (Å²) in [5.41, 5.74) is 0.884. The van der Waals surface area contributed by atoms with Crippen LogP contribution in [0.4, 0.5) is 5.69 Å². The maximum absolute atomic E-state index is 12.1. The van der Waals surface area contributed by atoms with Gasteiger partial charge in [-0.25, -0.2) is 0 Å². The highest BCUT2D eigenvalue weighted by molar-refractivity contribution is 5.78. The Kier molecular flexibility index (Phi) is 6.33. The quantitative estimate of drug-likeness (QED) is 0.586. The Hall–Kier alpha value is -3.09. The number of amides is 1. The van der Waals surface area contributed by atoms with E-state index in [9.17, 15) is 14.9 Å². The van der Waals surface area contributed by atoms with Crippen molar-refractivity contribution in [2.75, 3.05) is 13.7 Å². The van der Waals surface area contributed by atoms with Gasteiger partial charge in [0.05, 0.1) is 24.1 Å². The Labute approximate surface area is 145 Å². The third-order valence-electron chi connectivity index (χ3n) is 3.66. The first kappa shape index (κ1) is 18.3. The fourth-order valence-corrected chi connectivity index (χ4v) is 2.33. The first-order valence-corrected chi connectivity index (χ1v) is 7.84. The molecule has 0 radical (unpaired) electrons. The van der Waals surface area contributed by atoms with E-state index in [1.807, 2.05) is 31.2 Å². The first-order valence-electron chi connectivity index (χ1n) is 7.84. The Bertz CT molecular complexity index is 731. The van der Waals surface area contributed by atoms with E-state index in [0.717, 1.165) is 17.7 Å². The third kappa shape index (κ3) is 5.20. The molecule has 7 nitrogen and oxygen atoms in total. The SMILES string of the molecule is CC[C@@H](NC(=O)COc1cccc([N+](=O)[O-])c1)c1ccc(OC)cc1. The molecule has 25 heavy (non-hydrogen) atoms. The summed E-state index contributed by atoms with van der Waals surface area (Å²) in [6.45, 7) is 1.75. The summed E-state index contributed by atoms with van der Waals surface area (Å²) >= 11 is 0. The Balaban J connectivity index is 1.93. The highest BCUT2D eigenvalue weighted by Crippen LogP contribution is 2.21. The number of nitro groups is 1. The van der Waals surface area contributed by atoms with E-state index < -0.39 is 4.92 Å². The molecule has 0 spiro atoms. The van der Waals surface area contributed by atoms with Gasteiger partial charge in [0, 0.05) is 6.07 Å². The molecule has 0 aliphatic carbocycles. The fourth-order valence-electron chi connectivity index (χ4n) is 2.33. The van der Waals surface area contributed by atoms with Crippen LogP contribution in [0.15, 0.2) is 48.5 Å². The number of non-ortho nitro benzene ring substituents is 1. The molecule has 0 unspecified atom stereocenters. The summed E-state index contributed by atoms with van der Waals surface area (Å²) in [6.07, 6.45) is 0.717. The second-order valence-electron chi connectivity index (χ2n) is 5.34. The molecule has 7 heteroatoms. The zero-order valence-electron chi connectivity index (χ0n) is 14.1. The number of rotatable bonds is 8. The lowest BCUT2D eigenvalue weighted by Crippen LogP contribution is -2.32. The Morgan fingerprint density at radius 2 is 1.92 bits per heavy atom. The molecule has 0 aliphatic heterocycles. The van der Waals surface area contributed by atoms with Crippen LogP contribution in [0.3, 0.4) is 0 Å². The number of benzene rings is 2. The molecule has 0 fully saturated rings. The summed E-state index contributed by atoms with van der Waals surface area (Å²) in [6, 6.07) is 13.1. The molecular weight excluding hydrogens is 324 g/mol. The maximum atomic E-state index is 12.1. The highest BCUT2D eigenvalue weighted by Gasteiger charge is 2.14. The standard InChI is InChI=1S/C18H20N2O5/c1-3-17(13-7-9-15(24-2)10-8-13)19-18(21)12-25-16-6-4-5-14(11-16)20(22)23/h4-11,17H,3,12H2,1-2H3,(H,19,21)/t17-/m1/s1. The van der Waals surface area contributed by atoms with E-state index >= 15 is 0 Å². The molecule has 1 N–H and O–H groups in total. The molecule has 132 valence electrons. The van der Waals surface area contributed by atoms with E-state index in [1.165, 1.54) is 18.2 Å². The number of carbonyl (C=O) groups excluding carboxylic acids is 1. The minimum absolute atomic E-state index is 0.0809. The summed E-state index contributed by atoms with van der Waals surface area (Å²) in [5, 5.41) is 13.6. The van der Waals surface area contributed by atoms with Gasteiger partial charge in [0.2, 0.25) is 0 Å². The van der Waals surface area contributed by atoms with Crippen molar-refractivity contribution >= 4 is 11.6 Å². The molecule has 0 bridgehead atoms. The lowest BCUT2D eigenvalue weighted by molar-refractivity contribution is -0.384. The third-order valence-corrected chi connectivity index (χ3v) is 3.66. The van der Waals surface area contributed by atoms with Crippen LogP contribution in [0.25, 0.3) is 0 Å². The number of methoxy groups -OCH3 is 1. The Morgan fingerprint density at radius 1 is 1.20 bits per heavy atom. The van der Waals surface area contributed by atoms with Crippen LogP contribution in [0, 0.1) is 10.1 Å². The van der Waals surface area contributed by atoms with Crippen molar-refractivity contribution < 1.29 is 19.2 Å². The molecule has 2 aromatic rings. The minimum Gasteiger partial charge on any atom is -0.497 e. The largest absolute Gasteiger partial charge is 0.497 e. The average Bonchev–Trinajstić information content (AvgIpc) is 2.64. The van der Waals surface area contributed by atoms with Gasteiger partial charge in [-0.1, -0.05) is 25.1 Å². The van der Waals surface area contributed by atoms with Crippen LogP contribution in [0.1, 0.15) is 24.9 Å². The maximum Gasteiger partial charge on any atom is 0.273 e. The highest BCUT2D eigenvalue weighted by atomic mass is 16.6. The zero-order valence-corrected chi connectivity index (χ0v) is 14.1. The number of nitrogens with zero attached hydrogens (tertiary/aromatic N) is 1. The van der Waals surface area contributed by atoms with Crippen LogP contribution in [-0.2, 0) is 4.79 Å². The van der Waals surface area contributed by atoms with E-state index in [2.05, 4.69) is 5.32 Å². The van der Waals surface area contributed by atoms with Gasteiger partial charge in [-0.15, -0.1) is 0 Å². The molecule has 1 amide bonds. The Morgan fingerprint density at radius 3 is 2.52 bits per heavy atom. The molecule has 0 aliphatic rings. The van der Waals surface area contributed by atoms with Crippen LogP contribution >= 0.6 is 0 Å². The molecule has 0 saturated heterocycles. The van der Waals surface area contributed by atoms with Crippen molar-refractivity contribution in [1.82, 2.24) is 5.32 Å². The molecule has 2 aromatic carbocycles. The van der Waals surface area contributed by atoms with Gasteiger partial charge in [0.25, 0.3) is 11.6 Å². The van der Waals surface area contributed by atoms with Crippen LogP contribution in [0.5, 0.6) is 11.5 Å².